The normalized spacial score (nSPS) is 12.1. The molecule has 0 saturated carbocycles. The van der Waals surface area contributed by atoms with Gasteiger partial charge in [-0.1, -0.05) is 0 Å². The molecular formula is C11H18N6O2S. The van der Waals surface area contributed by atoms with Crippen LogP contribution in [0.15, 0.2) is 17.3 Å². The van der Waals surface area contributed by atoms with Crippen molar-refractivity contribution in [2.45, 2.75) is 38.3 Å². The van der Waals surface area contributed by atoms with Crippen LogP contribution in [0.1, 0.15) is 31.3 Å². The summed E-state index contributed by atoms with van der Waals surface area (Å²) in [4.78, 5) is 0.0947. The molecule has 2 heterocycles. The van der Waals surface area contributed by atoms with E-state index >= 15 is 0 Å². The molecule has 2 rings (SSSR count). The van der Waals surface area contributed by atoms with E-state index in [4.69, 9.17) is 5.73 Å². The molecule has 0 fully saturated rings. The number of hydrogen-bond acceptors (Lipinski definition) is 5. The van der Waals surface area contributed by atoms with Crippen molar-refractivity contribution >= 4 is 15.7 Å². The van der Waals surface area contributed by atoms with E-state index in [2.05, 4.69) is 20.0 Å². The van der Waals surface area contributed by atoms with Crippen LogP contribution in [-0.2, 0) is 16.6 Å². The molecule has 0 unspecified atom stereocenters. The van der Waals surface area contributed by atoms with Gasteiger partial charge < -0.3 is 5.73 Å². The lowest BCUT2D eigenvalue weighted by atomic mass is 10.4. The molecule has 0 aliphatic heterocycles. The molecule has 0 bridgehead atoms. The monoisotopic (exact) mass is 298 g/mol. The lowest BCUT2D eigenvalue weighted by molar-refractivity contribution is 0.532. The van der Waals surface area contributed by atoms with Crippen LogP contribution in [0, 0.1) is 6.92 Å². The lowest BCUT2D eigenvalue weighted by Crippen LogP contribution is -2.16. The van der Waals surface area contributed by atoms with Crippen molar-refractivity contribution in [3.05, 3.63) is 23.8 Å². The molecule has 110 valence electrons. The average molecular weight is 298 g/mol. The lowest BCUT2D eigenvalue weighted by Gasteiger charge is -2.07. The largest absolute Gasteiger partial charge is 0.325 e. The fourth-order valence-electron chi connectivity index (χ4n) is 1.84. The van der Waals surface area contributed by atoms with Crippen molar-refractivity contribution in [2.24, 2.45) is 5.73 Å². The fraction of sp³-hybridized carbons (Fsp3) is 0.455. The van der Waals surface area contributed by atoms with Crippen molar-refractivity contribution < 1.29 is 8.42 Å². The zero-order chi connectivity index (χ0) is 14.9. The molecule has 0 atom stereocenters. The van der Waals surface area contributed by atoms with Gasteiger partial charge in [-0.3, -0.25) is 14.5 Å². The van der Waals surface area contributed by atoms with E-state index in [0.717, 1.165) is 0 Å². The number of anilines is 1. The first kappa shape index (κ1) is 14.5. The first-order chi connectivity index (χ1) is 9.35. The molecule has 0 aromatic carbocycles. The van der Waals surface area contributed by atoms with Gasteiger partial charge in [-0.05, 0) is 20.8 Å². The molecule has 0 radical (unpaired) electrons. The molecule has 0 aliphatic rings. The van der Waals surface area contributed by atoms with E-state index in [9.17, 15) is 8.42 Å². The number of aryl methyl sites for hydroxylation is 1. The Kier molecular flexibility index (Phi) is 3.82. The zero-order valence-electron chi connectivity index (χ0n) is 11.6. The van der Waals surface area contributed by atoms with Crippen LogP contribution in [0.4, 0.5) is 5.69 Å². The Morgan fingerprint density at radius 1 is 1.50 bits per heavy atom. The third kappa shape index (κ3) is 2.68. The summed E-state index contributed by atoms with van der Waals surface area (Å²) in [6, 6.07) is 0.156. The van der Waals surface area contributed by atoms with Crippen LogP contribution in [0.3, 0.4) is 0 Å². The summed E-state index contributed by atoms with van der Waals surface area (Å²) < 4.78 is 28.9. The van der Waals surface area contributed by atoms with Gasteiger partial charge in [0.05, 0.1) is 23.3 Å². The molecule has 0 aliphatic carbocycles. The number of nitrogens with zero attached hydrogens (tertiary/aromatic N) is 3. The highest BCUT2D eigenvalue weighted by molar-refractivity contribution is 7.92. The van der Waals surface area contributed by atoms with Crippen LogP contribution >= 0.6 is 0 Å². The first-order valence-electron chi connectivity index (χ1n) is 6.16. The Labute approximate surface area is 117 Å². The Hall–Kier alpha value is -1.87. The summed E-state index contributed by atoms with van der Waals surface area (Å²) in [7, 11) is -3.73. The number of hydrogen-bond donors (Lipinski definition) is 3. The highest BCUT2D eigenvalue weighted by Gasteiger charge is 2.24. The number of sulfonamides is 1. The fourth-order valence-corrected chi connectivity index (χ4v) is 3.25. The minimum Gasteiger partial charge on any atom is -0.325 e. The van der Waals surface area contributed by atoms with Crippen molar-refractivity contribution in [3.63, 3.8) is 0 Å². The molecule has 0 spiro atoms. The van der Waals surface area contributed by atoms with E-state index in [-0.39, 0.29) is 17.5 Å². The summed E-state index contributed by atoms with van der Waals surface area (Å²) in [6.45, 7) is 5.60. The second-order valence-corrected chi connectivity index (χ2v) is 6.36. The maximum atomic E-state index is 12.4. The van der Waals surface area contributed by atoms with E-state index in [0.29, 0.717) is 17.1 Å². The Morgan fingerprint density at radius 2 is 2.20 bits per heavy atom. The van der Waals surface area contributed by atoms with Crippen LogP contribution < -0.4 is 10.5 Å². The number of aromatic nitrogens is 4. The zero-order valence-corrected chi connectivity index (χ0v) is 12.4. The Bertz CT molecular complexity index is 700. The van der Waals surface area contributed by atoms with Crippen LogP contribution in [0.25, 0.3) is 0 Å². The first-order valence-corrected chi connectivity index (χ1v) is 7.64. The van der Waals surface area contributed by atoms with Crippen molar-refractivity contribution in [3.8, 4) is 0 Å². The third-order valence-corrected chi connectivity index (χ3v) is 4.39. The van der Waals surface area contributed by atoms with Gasteiger partial charge in [0.15, 0.2) is 0 Å². The van der Waals surface area contributed by atoms with Crippen LogP contribution in [0.5, 0.6) is 0 Å². The molecule has 0 saturated heterocycles. The van der Waals surface area contributed by atoms with Gasteiger partial charge in [-0.25, -0.2) is 8.42 Å². The van der Waals surface area contributed by atoms with Gasteiger partial charge >= 0.3 is 0 Å². The molecule has 20 heavy (non-hydrogen) atoms. The van der Waals surface area contributed by atoms with Crippen LogP contribution in [0.2, 0.25) is 0 Å². The highest BCUT2D eigenvalue weighted by atomic mass is 32.2. The number of rotatable bonds is 5. The maximum Gasteiger partial charge on any atom is 0.265 e. The van der Waals surface area contributed by atoms with E-state index in [1.807, 2.05) is 13.8 Å². The van der Waals surface area contributed by atoms with Crippen LogP contribution in [-0.4, -0.2) is 28.4 Å². The SMILES string of the molecule is Cc1[nH]nc(CN)c1S(=O)(=O)Nc1cnn(C(C)C)c1. The van der Waals surface area contributed by atoms with Gasteiger partial charge in [0.25, 0.3) is 10.0 Å². The van der Waals surface area contributed by atoms with E-state index in [1.54, 1.807) is 17.8 Å². The number of H-pyrrole nitrogens is 1. The number of aromatic amines is 1. The summed E-state index contributed by atoms with van der Waals surface area (Å²) in [5, 5.41) is 10.6. The molecule has 8 nitrogen and oxygen atoms in total. The second-order valence-electron chi connectivity index (χ2n) is 4.74. The Morgan fingerprint density at radius 3 is 2.75 bits per heavy atom. The van der Waals surface area contributed by atoms with E-state index < -0.39 is 10.0 Å². The molecule has 2 aromatic rings. The molecule has 4 N–H and O–H groups in total. The highest BCUT2D eigenvalue weighted by Crippen LogP contribution is 2.21. The number of nitrogens with one attached hydrogen (secondary N) is 2. The summed E-state index contributed by atoms with van der Waals surface area (Å²) in [5.74, 6) is 0. The maximum absolute atomic E-state index is 12.4. The molecule has 9 heteroatoms. The van der Waals surface area contributed by atoms with Crippen molar-refractivity contribution in [1.29, 1.82) is 0 Å². The minimum absolute atomic E-state index is 0.0475. The average Bonchev–Trinajstić information content (AvgIpc) is 2.95. The van der Waals surface area contributed by atoms with E-state index in [1.165, 1.54) is 6.20 Å². The predicted molar refractivity (Wildman–Crippen MR) is 74.6 cm³/mol. The Balaban J connectivity index is 2.33. The molecular weight excluding hydrogens is 280 g/mol. The van der Waals surface area contributed by atoms with Gasteiger partial charge in [0.2, 0.25) is 0 Å². The topological polar surface area (TPSA) is 119 Å². The van der Waals surface area contributed by atoms with Crippen molar-refractivity contribution in [2.75, 3.05) is 4.72 Å². The second kappa shape index (κ2) is 5.25. The summed E-state index contributed by atoms with van der Waals surface area (Å²) in [5.41, 5.74) is 6.68. The minimum atomic E-state index is -3.73. The molecule has 0 amide bonds. The van der Waals surface area contributed by atoms with Crippen molar-refractivity contribution in [1.82, 2.24) is 20.0 Å². The van der Waals surface area contributed by atoms with Gasteiger partial charge in [-0.15, -0.1) is 0 Å². The summed E-state index contributed by atoms with van der Waals surface area (Å²) >= 11 is 0. The van der Waals surface area contributed by atoms with Gasteiger partial charge in [0.1, 0.15) is 4.90 Å². The smallest absolute Gasteiger partial charge is 0.265 e. The predicted octanol–water partition coefficient (Wildman–Crippen LogP) is 0.755. The molecule has 2 aromatic heterocycles. The van der Waals surface area contributed by atoms with Gasteiger partial charge in [-0.2, -0.15) is 10.2 Å². The quantitative estimate of drug-likeness (QED) is 0.752. The van der Waals surface area contributed by atoms with Gasteiger partial charge in [0, 0.05) is 18.8 Å². The third-order valence-electron chi connectivity index (χ3n) is 2.81. The number of nitrogens with two attached hydrogens (primary N) is 1. The standard InChI is InChI=1S/C11H18N6O2S/c1-7(2)17-6-9(5-13-17)16-20(18,19)11-8(3)14-15-10(11)4-12/h5-7,16H,4,12H2,1-3H3,(H,14,15). The summed E-state index contributed by atoms with van der Waals surface area (Å²) in [6.07, 6.45) is 3.11.